The second kappa shape index (κ2) is 4.40. The average Bonchev–Trinajstić information content (AvgIpc) is 2.22. The summed E-state index contributed by atoms with van der Waals surface area (Å²) >= 11 is 3.35. The topological polar surface area (TPSA) is 24.9 Å². The molecule has 0 saturated heterocycles. The van der Waals surface area contributed by atoms with Gasteiger partial charge < -0.3 is 5.32 Å². The highest BCUT2D eigenvalue weighted by Gasteiger charge is 1.99. The summed E-state index contributed by atoms with van der Waals surface area (Å²) in [6, 6.07) is 8.12. The SMILES string of the molecule is Fc1cccc(Nc2ccncc2Br)c1. The molecule has 0 bridgehead atoms. The van der Waals surface area contributed by atoms with Crippen LogP contribution < -0.4 is 5.32 Å². The molecule has 0 spiro atoms. The summed E-state index contributed by atoms with van der Waals surface area (Å²) in [4.78, 5) is 3.94. The number of anilines is 2. The molecular weight excluding hydrogens is 259 g/mol. The fourth-order valence-electron chi connectivity index (χ4n) is 1.20. The number of rotatable bonds is 2. The van der Waals surface area contributed by atoms with Gasteiger partial charge in [-0.3, -0.25) is 4.98 Å². The third-order valence-electron chi connectivity index (χ3n) is 1.88. The van der Waals surface area contributed by atoms with Gasteiger partial charge in [0, 0.05) is 18.1 Å². The number of nitrogens with zero attached hydrogens (tertiary/aromatic N) is 1. The van der Waals surface area contributed by atoms with Crippen LogP contribution in [0.15, 0.2) is 47.2 Å². The molecule has 2 rings (SSSR count). The first-order valence-corrected chi connectivity index (χ1v) is 5.17. The van der Waals surface area contributed by atoms with Gasteiger partial charge >= 0.3 is 0 Å². The van der Waals surface area contributed by atoms with Crippen molar-refractivity contribution >= 4 is 27.3 Å². The highest BCUT2D eigenvalue weighted by atomic mass is 79.9. The third-order valence-corrected chi connectivity index (χ3v) is 2.51. The van der Waals surface area contributed by atoms with Gasteiger partial charge in [0.1, 0.15) is 5.82 Å². The Morgan fingerprint density at radius 1 is 1.27 bits per heavy atom. The van der Waals surface area contributed by atoms with Crippen molar-refractivity contribution in [3.8, 4) is 0 Å². The van der Waals surface area contributed by atoms with Gasteiger partial charge in [0.15, 0.2) is 0 Å². The molecule has 2 nitrogen and oxygen atoms in total. The lowest BCUT2D eigenvalue weighted by Crippen LogP contribution is -1.92. The molecular formula is C11H8BrFN2. The Hall–Kier alpha value is -1.42. The Kier molecular flexibility index (Phi) is 2.97. The minimum Gasteiger partial charge on any atom is -0.354 e. The standard InChI is InChI=1S/C11H8BrFN2/c12-10-7-14-5-4-11(10)15-9-3-1-2-8(13)6-9/h1-7H,(H,14,15). The summed E-state index contributed by atoms with van der Waals surface area (Å²) in [6.45, 7) is 0. The van der Waals surface area contributed by atoms with Crippen LogP contribution in [0.2, 0.25) is 0 Å². The Bertz CT molecular complexity index is 474. The van der Waals surface area contributed by atoms with Crippen LogP contribution in [0.1, 0.15) is 0 Å². The second-order valence-corrected chi connectivity index (χ2v) is 3.85. The van der Waals surface area contributed by atoms with Crippen molar-refractivity contribution in [2.45, 2.75) is 0 Å². The first-order chi connectivity index (χ1) is 7.25. The third kappa shape index (κ3) is 2.53. The maximum atomic E-state index is 12.9. The largest absolute Gasteiger partial charge is 0.354 e. The lowest BCUT2D eigenvalue weighted by Gasteiger charge is -2.07. The first-order valence-electron chi connectivity index (χ1n) is 4.38. The van der Waals surface area contributed by atoms with Crippen molar-refractivity contribution in [2.75, 3.05) is 5.32 Å². The van der Waals surface area contributed by atoms with E-state index in [0.29, 0.717) is 5.69 Å². The monoisotopic (exact) mass is 266 g/mol. The molecule has 1 heterocycles. The minimum absolute atomic E-state index is 0.259. The molecule has 0 radical (unpaired) electrons. The minimum atomic E-state index is -0.259. The van der Waals surface area contributed by atoms with Crippen molar-refractivity contribution in [1.29, 1.82) is 0 Å². The Labute approximate surface area is 95.3 Å². The number of hydrogen-bond acceptors (Lipinski definition) is 2. The Morgan fingerprint density at radius 2 is 2.13 bits per heavy atom. The van der Waals surface area contributed by atoms with Gasteiger partial charge in [0.2, 0.25) is 0 Å². The quantitative estimate of drug-likeness (QED) is 0.896. The van der Waals surface area contributed by atoms with Crippen LogP contribution in [0.5, 0.6) is 0 Å². The molecule has 15 heavy (non-hydrogen) atoms. The molecule has 0 unspecified atom stereocenters. The lowest BCUT2D eigenvalue weighted by atomic mass is 10.3. The normalized spacial score (nSPS) is 10.0. The van der Waals surface area contributed by atoms with Crippen molar-refractivity contribution in [3.63, 3.8) is 0 Å². The molecule has 2 aromatic rings. The zero-order valence-electron chi connectivity index (χ0n) is 7.74. The van der Waals surface area contributed by atoms with Gasteiger partial charge in [-0.15, -0.1) is 0 Å². The van der Waals surface area contributed by atoms with E-state index < -0.39 is 0 Å². The van der Waals surface area contributed by atoms with Crippen LogP contribution in [-0.2, 0) is 0 Å². The molecule has 0 amide bonds. The predicted octanol–water partition coefficient (Wildman–Crippen LogP) is 3.73. The number of benzene rings is 1. The first kappa shape index (κ1) is 10.1. The molecule has 0 atom stereocenters. The number of pyridine rings is 1. The summed E-state index contributed by atoms with van der Waals surface area (Å²) in [5, 5.41) is 3.09. The molecule has 0 aliphatic rings. The second-order valence-electron chi connectivity index (χ2n) is 2.99. The van der Waals surface area contributed by atoms with Crippen LogP contribution in [0.4, 0.5) is 15.8 Å². The average molecular weight is 267 g/mol. The molecule has 0 fully saturated rings. The summed E-state index contributed by atoms with van der Waals surface area (Å²) in [5.74, 6) is -0.259. The van der Waals surface area contributed by atoms with Gasteiger partial charge in [-0.2, -0.15) is 0 Å². The number of halogens is 2. The highest BCUT2D eigenvalue weighted by Crippen LogP contribution is 2.24. The van der Waals surface area contributed by atoms with E-state index in [9.17, 15) is 4.39 Å². The van der Waals surface area contributed by atoms with Crippen LogP contribution in [0.25, 0.3) is 0 Å². The molecule has 1 aromatic carbocycles. The fourth-order valence-corrected chi connectivity index (χ4v) is 1.55. The smallest absolute Gasteiger partial charge is 0.125 e. The lowest BCUT2D eigenvalue weighted by molar-refractivity contribution is 0.628. The molecule has 0 saturated carbocycles. The van der Waals surface area contributed by atoms with Crippen molar-refractivity contribution in [3.05, 3.63) is 53.0 Å². The number of aromatic nitrogens is 1. The maximum Gasteiger partial charge on any atom is 0.125 e. The molecule has 4 heteroatoms. The van der Waals surface area contributed by atoms with E-state index in [1.54, 1.807) is 24.5 Å². The molecule has 1 N–H and O–H groups in total. The van der Waals surface area contributed by atoms with Gasteiger partial charge in [-0.1, -0.05) is 6.07 Å². The van der Waals surface area contributed by atoms with Gasteiger partial charge in [-0.25, -0.2) is 4.39 Å². The van der Waals surface area contributed by atoms with Crippen LogP contribution in [0.3, 0.4) is 0 Å². The van der Waals surface area contributed by atoms with Crippen molar-refractivity contribution in [2.24, 2.45) is 0 Å². The van der Waals surface area contributed by atoms with Gasteiger partial charge in [-0.05, 0) is 40.2 Å². The van der Waals surface area contributed by atoms with Crippen molar-refractivity contribution in [1.82, 2.24) is 4.98 Å². The van der Waals surface area contributed by atoms with E-state index in [0.717, 1.165) is 10.2 Å². The molecule has 0 aliphatic carbocycles. The van der Waals surface area contributed by atoms with Gasteiger partial charge in [0.25, 0.3) is 0 Å². The summed E-state index contributed by atoms with van der Waals surface area (Å²) in [6.07, 6.45) is 3.36. The Morgan fingerprint density at radius 3 is 2.87 bits per heavy atom. The van der Waals surface area contributed by atoms with Crippen LogP contribution in [-0.4, -0.2) is 4.98 Å². The van der Waals surface area contributed by atoms with Crippen LogP contribution >= 0.6 is 15.9 Å². The van der Waals surface area contributed by atoms with E-state index in [1.807, 2.05) is 6.07 Å². The van der Waals surface area contributed by atoms with Crippen molar-refractivity contribution < 1.29 is 4.39 Å². The number of nitrogens with one attached hydrogen (secondary N) is 1. The van der Waals surface area contributed by atoms with E-state index in [-0.39, 0.29) is 5.82 Å². The van der Waals surface area contributed by atoms with Gasteiger partial charge in [0.05, 0.1) is 10.2 Å². The summed E-state index contributed by atoms with van der Waals surface area (Å²) < 4.78 is 13.7. The van der Waals surface area contributed by atoms with E-state index in [1.165, 1.54) is 12.1 Å². The molecule has 1 aromatic heterocycles. The van der Waals surface area contributed by atoms with E-state index in [2.05, 4.69) is 26.2 Å². The summed E-state index contributed by atoms with van der Waals surface area (Å²) in [7, 11) is 0. The van der Waals surface area contributed by atoms with E-state index >= 15 is 0 Å². The highest BCUT2D eigenvalue weighted by molar-refractivity contribution is 9.10. The molecule has 0 aliphatic heterocycles. The summed E-state index contributed by atoms with van der Waals surface area (Å²) in [5.41, 5.74) is 1.57. The zero-order valence-corrected chi connectivity index (χ0v) is 9.33. The zero-order chi connectivity index (χ0) is 10.7. The fraction of sp³-hybridized carbons (Fsp3) is 0. The molecule has 76 valence electrons. The predicted molar refractivity (Wildman–Crippen MR) is 61.6 cm³/mol. The number of hydrogen-bond donors (Lipinski definition) is 1. The maximum absolute atomic E-state index is 12.9. The Balaban J connectivity index is 2.26. The van der Waals surface area contributed by atoms with E-state index in [4.69, 9.17) is 0 Å². The van der Waals surface area contributed by atoms with Crippen LogP contribution in [0, 0.1) is 5.82 Å².